The highest BCUT2D eigenvalue weighted by molar-refractivity contribution is 7.92. The highest BCUT2D eigenvalue weighted by Gasteiger charge is 2.45. The third-order valence-electron chi connectivity index (χ3n) is 9.26. The van der Waals surface area contributed by atoms with E-state index in [9.17, 15) is 27.9 Å². The number of aliphatic hydroxyl groups is 1. The van der Waals surface area contributed by atoms with E-state index in [-0.39, 0.29) is 48.3 Å². The van der Waals surface area contributed by atoms with Gasteiger partial charge in [-0.15, -0.1) is 0 Å². The smallest absolute Gasteiger partial charge is 0.270 e. The van der Waals surface area contributed by atoms with E-state index in [1.165, 1.54) is 0 Å². The van der Waals surface area contributed by atoms with Crippen molar-refractivity contribution in [3.63, 3.8) is 0 Å². The number of sulfone groups is 1. The van der Waals surface area contributed by atoms with Crippen LogP contribution in [0.4, 0.5) is 0 Å². The lowest BCUT2D eigenvalue weighted by Crippen LogP contribution is -2.57. The molecule has 0 unspecified atom stereocenters. The molecule has 3 amide bonds. The molecule has 1 aliphatic heterocycles. The van der Waals surface area contributed by atoms with Crippen molar-refractivity contribution in [3.05, 3.63) is 108 Å². The minimum Gasteiger partial charge on any atom is -0.390 e. The molecule has 2 heterocycles. The average molecular weight is 728 g/mol. The van der Waals surface area contributed by atoms with Crippen molar-refractivity contribution in [2.24, 2.45) is 5.92 Å². The Labute approximate surface area is 306 Å². The minimum atomic E-state index is -3.79. The molecule has 4 aromatic rings. The van der Waals surface area contributed by atoms with Crippen molar-refractivity contribution in [1.29, 1.82) is 0 Å². The van der Waals surface area contributed by atoms with Gasteiger partial charge in [0.15, 0.2) is 9.84 Å². The summed E-state index contributed by atoms with van der Waals surface area (Å²) in [5.74, 6) is -1.64. The first-order chi connectivity index (χ1) is 24.6. The number of nitrogens with zero attached hydrogens (tertiary/aromatic N) is 2. The van der Waals surface area contributed by atoms with Crippen LogP contribution in [0, 0.1) is 5.92 Å². The van der Waals surface area contributed by atoms with E-state index in [0.717, 1.165) is 10.9 Å². The Morgan fingerprint density at radius 2 is 1.52 bits per heavy atom. The Balaban J connectivity index is 1.38. The normalized spacial score (nSPS) is 18.4. The number of benzene rings is 3. The second-order valence-electron chi connectivity index (χ2n) is 14.9. The van der Waals surface area contributed by atoms with Crippen molar-refractivity contribution < 1.29 is 27.9 Å². The molecule has 5 rings (SSSR count). The maximum absolute atomic E-state index is 14.0. The number of aliphatic hydroxyl groups excluding tert-OH is 1. The molecule has 11 nitrogen and oxygen atoms in total. The number of likely N-dealkylation sites (tertiary alicyclic amines) is 1. The number of rotatable bonds is 13. The van der Waals surface area contributed by atoms with Crippen LogP contribution in [0.1, 0.15) is 57.1 Å². The van der Waals surface area contributed by atoms with Crippen molar-refractivity contribution in [1.82, 2.24) is 25.8 Å². The molecule has 4 N–H and O–H groups in total. The summed E-state index contributed by atoms with van der Waals surface area (Å²) in [6.07, 6.45) is -0.916. The zero-order valence-corrected chi connectivity index (χ0v) is 31.1. The summed E-state index contributed by atoms with van der Waals surface area (Å²) in [5.41, 5.74) is 1.11. The van der Waals surface area contributed by atoms with Crippen LogP contribution in [0.25, 0.3) is 10.9 Å². The molecular weight excluding hydrogens is 679 g/mol. The standard InChI is InChI=1S/C40H49N5O6S/c1-26(2)36(43-37(47)32-21-20-28-16-12-13-19-31(28)41-32)39(49)42-33(22-27-14-8-6-9-15-27)35(46)25-45-24-30(23-34(45)38(48)44-40(3,4)5)52(50,51)29-17-10-7-11-18-29/h6-21,26,30,33-36,46H,22-25H2,1-5H3,(H,42,49)(H,43,47)(H,44,48)/t30-,33+,34+,35-,36+/m1/s1. The summed E-state index contributed by atoms with van der Waals surface area (Å²) in [6, 6.07) is 25.7. The van der Waals surface area contributed by atoms with Crippen LogP contribution in [0.15, 0.2) is 102 Å². The number of amides is 3. The Morgan fingerprint density at radius 3 is 2.17 bits per heavy atom. The SMILES string of the molecule is CC(C)[C@H](NC(=O)c1ccc2ccccc2n1)C(=O)N[C@@H](Cc1ccccc1)[C@H](O)CN1C[C@H](S(=O)(=O)c2ccccc2)C[C@H]1C(=O)NC(C)(C)C. The Hall–Kier alpha value is -4.65. The minimum absolute atomic E-state index is 0.0198. The van der Waals surface area contributed by atoms with Gasteiger partial charge in [0.05, 0.1) is 33.8 Å². The number of hydrogen-bond acceptors (Lipinski definition) is 8. The predicted octanol–water partition coefficient (Wildman–Crippen LogP) is 3.91. The van der Waals surface area contributed by atoms with Gasteiger partial charge in [0.1, 0.15) is 11.7 Å². The highest BCUT2D eigenvalue weighted by atomic mass is 32.2. The average Bonchev–Trinajstić information content (AvgIpc) is 3.54. The second-order valence-corrected chi connectivity index (χ2v) is 17.1. The molecule has 276 valence electrons. The van der Waals surface area contributed by atoms with E-state index in [1.54, 1.807) is 47.4 Å². The molecule has 5 atom stereocenters. The van der Waals surface area contributed by atoms with Gasteiger partial charge in [-0.05, 0) is 69.4 Å². The molecule has 1 saturated heterocycles. The maximum Gasteiger partial charge on any atom is 0.270 e. The summed E-state index contributed by atoms with van der Waals surface area (Å²) in [5, 5.41) is 20.7. The van der Waals surface area contributed by atoms with Crippen LogP contribution >= 0.6 is 0 Å². The van der Waals surface area contributed by atoms with Crippen molar-refractivity contribution in [2.75, 3.05) is 13.1 Å². The van der Waals surface area contributed by atoms with Gasteiger partial charge in [-0.25, -0.2) is 13.4 Å². The lowest BCUT2D eigenvalue weighted by molar-refractivity contribution is -0.128. The van der Waals surface area contributed by atoms with Crippen LogP contribution < -0.4 is 16.0 Å². The van der Waals surface area contributed by atoms with Crippen LogP contribution in [0.2, 0.25) is 0 Å². The fraction of sp³-hybridized carbons (Fsp3) is 0.400. The summed E-state index contributed by atoms with van der Waals surface area (Å²) < 4.78 is 27.4. The predicted molar refractivity (Wildman–Crippen MR) is 201 cm³/mol. The van der Waals surface area contributed by atoms with E-state index < -0.39 is 56.7 Å². The molecule has 0 aliphatic carbocycles. The number of fused-ring (bicyclic) bond motifs is 1. The maximum atomic E-state index is 14.0. The number of carbonyl (C=O) groups excluding carboxylic acids is 3. The van der Waals surface area contributed by atoms with E-state index in [4.69, 9.17) is 0 Å². The Bertz CT molecular complexity index is 1970. The fourth-order valence-corrected chi connectivity index (χ4v) is 8.30. The van der Waals surface area contributed by atoms with E-state index in [1.807, 2.05) is 89.2 Å². The Morgan fingerprint density at radius 1 is 0.885 bits per heavy atom. The molecule has 0 radical (unpaired) electrons. The van der Waals surface area contributed by atoms with Crippen LogP contribution in [0.3, 0.4) is 0 Å². The first-order valence-corrected chi connectivity index (χ1v) is 19.2. The van der Waals surface area contributed by atoms with Gasteiger partial charge in [0.2, 0.25) is 11.8 Å². The third kappa shape index (κ3) is 9.61. The van der Waals surface area contributed by atoms with Crippen LogP contribution in [-0.2, 0) is 25.8 Å². The summed E-state index contributed by atoms with van der Waals surface area (Å²) >= 11 is 0. The van der Waals surface area contributed by atoms with Gasteiger partial charge in [0, 0.05) is 24.0 Å². The van der Waals surface area contributed by atoms with Gasteiger partial charge in [0.25, 0.3) is 5.91 Å². The quantitative estimate of drug-likeness (QED) is 0.162. The molecule has 0 spiro atoms. The largest absolute Gasteiger partial charge is 0.390 e. The molecule has 1 fully saturated rings. The molecule has 1 aliphatic rings. The third-order valence-corrected chi connectivity index (χ3v) is 11.4. The van der Waals surface area contributed by atoms with Gasteiger partial charge < -0.3 is 21.1 Å². The zero-order valence-electron chi connectivity index (χ0n) is 30.3. The first-order valence-electron chi connectivity index (χ1n) is 17.7. The molecule has 52 heavy (non-hydrogen) atoms. The Kier molecular flexibility index (Phi) is 12.1. The van der Waals surface area contributed by atoms with Crippen LogP contribution in [0.5, 0.6) is 0 Å². The van der Waals surface area contributed by atoms with Gasteiger partial charge >= 0.3 is 0 Å². The van der Waals surface area contributed by atoms with Gasteiger partial charge in [-0.2, -0.15) is 0 Å². The topological polar surface area (TPSA) is 158 Å². The fourth-order valence-electron chi connectivity index (χ4n) is 6.55. The van der Waals surface area contributed by atoms with E-state index >= 15 is 0 Å². The van der Waals surface area contributed by atoms with Gasteiger partial charge in [-0.1, -0.05) is 86.6 Å². The number of carbonyl (C=O) groups is 3. The first kappa shape index (κ1) is 38.6. The molecular formula is C40H49N5O6S. The second kappa shape index (κ2) is 16.4. The van der Waals surface area contributed by atoms with Crippen molar-refractivity contribution in [3.8, 4) is 0 Å². The van der Waals surface area contributed by atoms with Crippen LogP contribution in [-0.4, -0.2) is 89.2 Å². The van der Waals surface area contributed by atoms with Crippen molar-refractivity contribution >= 4 is 38.5 Å². The number of nitrogens with one attached hydrogen (secondary N) is 3. The van der Waals surface area contributed by atoms with E-state index in [2.05, 4.69) is 20.9 Å². The van der Waals surface area contributed by atoms with Crippen molar-refractivity contribution in [2.45, 2.75) is 87.4 Å². The summed E-state index contributed by atoms with van der Waals surface area (Å²) in [6.45, 7) is 9.12. The highest BCUT2D eigenvalue weighted by Crippen LogP contribution is 2.29. The summed E-state index contributed by atoms with van der Waals surface area (Å²) in [7, 11) is -3.79. The number of para-hydroxylation sites is 1. The van der Waals surface area contributed by atoms with E-state index in [0.29, 0.717) is 5.52 Å². The molecule has 0 saturated carbocycles. The number of β-amino-alcohol motifs (C(OH)–C–C–N with tert-alkyl or cyclic N) is 1. The molecule has 1 aromatic heterocycles. The zero-order chi connectivity index (χ0) is 37.6. The number of aromatic nitrogens is 1. The molecule has 0 bridgehead atoms. The number of hydrogen-bond donors (Lipinski definition) is 4. The number of pyridine rings is 1. The molecule has 12 heteroatoms. The van der Waals surface area contributed by atoms with Gasteiger partial charge in [-0.3, -0.25) is 19.3 Å². The molecule has 3 aromatic carbocycles. The summed E-state index contributed by atoms with van der Waals surface area (Å²) in [4.78, 5) is 47.3. The lowest BCUT2D eigenvalue weighted by atomic mass is 9.98. The monoisotopic (exact) mass is 727 g/mol. The lowest BCUT2D eigenvalue weighted by Gasteiger charge is -2.33.